The molecule has 2 aromatic rings. The molecule has 98 valence electrons. The molecular formula is C13H14ClN5. The van der Waals surface area contributed by atoms with E-state index in [0.29, 0.717) is 11.9 Å². The minimum atomic E-state index is 0.213. The van der Waals surface area contributed by atoms with Crippen molar-refractivity contribution in [1.29, 1.82) is 0 Å². The Balaban J connectivity index is 1.99. The van der Waals surface area contributed by atoms with Crippen molar-refractivity contribution in [3.8, 4) is 0 Å². The van der Waals surface area contributed by atoms with Crippen LogP contribution in [0.25, 0.3) is 0 Å². The summed E-state index contributed by atoms with van der Waals surface area (Å²) in [4.78, 5) is 14.8. The van der Waals surface area contributed by atoms with E-state index in [0.717, 1.165) is 25.2 Å². The zero-order valence-corrected chi connectivity index (χ0v) is 11.4. The quantitative estimate of drug-likeness (QED) is 0.933. The number of fused-ring (bicyclic) bond motifs is 1. The van der Waals surface area contributed by atoms with Crippen LogP contribution in [0.15, 0.2) is 24.3 Å². The average molecular weight is 276 g/mol. The molecule has 0 saturated carbocycles. The fourth-order valence-electron chi connectivity index (χ4n) is 2.24. The molecule has 0 radical (unpaired) electrons. The van der Waals surface area contributed by atoms with Crippen molar-refractivity contribution < 1.29 is 0 Å². The van der Waals surface area contributed by atoms with Crippen molar-refractivity contribution in [2.75, 3.05) is 23.3 Å². The van der Waals surface area contributed by atoms with Gasteiger partial charge in [-0.3, -0.25) is 0 Å². The predicted octanol–water partition coefficient (Wildman–Crippen LogP) is 2.65. The van der Waals surface area contributed by atoms with Crippen molar-refractivity contribution in [1.82, 2.24) is 15.0 Å². The van der Waals surface area contributed by atoms with E-state index in [1.165, 1.54) is 5.56 Å². The first-order valence-corrected chi connectivity index (χ1v) is 6.66. The zero-order chi connectivity index (χ0) is 13.2. The minimum absolute atomic E-state index is 0.213. The van der Waals surface area contributed by atoms with Gasteiger partial charge in [-0.25, -0.2) is 0 Å². The Morgan fingerprint density at radius 2 is 2.11 bits per heavy atom. The van der Waals surface area contributed by atoms with Crippen molar-refractivity contribution in [3.63, 3.8) is 0 Å². The molecule has 1 aromatic carbocycles. The molecule has 6 heteroatoms. The van der Waals surface area contributed by atoms with Crippen LogP contribution in [0.5, 0.6) is 0 Å². The maximum Gasteiger partial charge on any atom is 0.236 e. The Labute approximate surface area is 116 Å². The molecule has 1 aliphatic heterocycles. The van der Waals surface area contributed by atoms with E-state index in [9.17, 15) is 0 Å². The van der Waals surface area contributed by atoms with Gasteiger partial charge in [0.25, 0.3) is 0 Å². The number of benzene rings is 1. The molecule has 0 spiro atoms. The molecule has 19 heavy (non-hydrogen) atoms. The SMILES string of the molecule is CCNc1nc(Cl)nc(N2CCc3ccccc32)n1. The van der Waals surface area contributed by atoms with Crippen LogP contribution in [0.4, 0.5) is 17.6 Å². The van der Waals surface area contributed by atoms with Gasteiger partial charge in [-0.05, 0) is 36.6 Å². The van der Waals surface area contributed by atoms with Gasteiger partial charge in [0.15, 0.2) is 0 Å². The van der Waals surface area contributed by atoms with Gasteiger partial charge in [-0.15, -0.1) is 0 Å². The number of aromatic nitrogens is 3. The molecule has 5 nitrogen and oxygen atoms in total. The van der Waals surface area contributed by atoms with Gasteiger partial charge in [0, 0.05) is 18.8 Å². The number of rotatable bonds is 3. The summed E-state index contributed by atoms with van der Waals surface area (Å²) in [5.74, 6) is 1.11. The van der Waals surface area contributed by atoms with Crippen LogP contribution in [-0.2, 0) is 6.42 Å². The predicted molar refractivity (Wildman–Crippen MR) is 76.2 cm³/mol. The molecular weight excluding hydrogens is 262 g/mol. The molecule has 1 N–H and O–H groups in total. The molecule has 0 bridgehead atoms. The smallest absolute Gasteiger partial charge is 0.236 e. The molecule has 0 amide bonds. The van der Waals surface area contributed by atoms with Gasteiger partial charge in [0.2, 0.25) is 17.2 Å². The van der Waals surface area contributed by atoms with Crippen LogP contribution in [0.2, 0.25) is 5.28 Å². The summed E-state index contributed by atoms with van der Waals surface area (Å²) in [6.45, 7) is 3.60. The van der Waals surface area contributed by atoms with Gasteiger partial charge in [-0.2, -0.15) is 15.0 Å². The monoisotopic (exact) mass is 275 g/mol. The lowest BCUT2D eigenvalue weighted by Crippen LogP contribution is -2.18. The average Bonchev–Trinajstić information content (AvgIpc) is 2.82. The van der Waals surface area contributed by atoms with Crippen LogP contribution >= 0.6 is 11.6 Å². The normalized spacial score (nSPS) is 13.5. The lowest BCUT2D eigenvalue weighted by atomic mass is 10.2. The van der Waals surface area contributed by atoms with Gasteiger partial charge < -0.3 is 10.2 Å². The topological polar surface area (TPSA) is 53.9 Å². The summed E-state index contributed by atoms with van der Waals surface area (Å²) in [5.41, 5.74) is 2.45. The molecule has 2 heterocycles. The largest absolute Gasteiger partial charge is 0.354 e. The van der Waals surface area contributed by atoms with Gasteiger partial charge >= 0.3 is 0 Å². The first-order chi connectivity index (χ1) is 9.28. The second-order valence-corrected chi connectivity index (χ2v) is 4.63. The van der Waals surface area contributed by atoms with E-state index >= 15 is 0 Å². The highest BCUT2D eigenvalue weighted by Gasteiger charge is 2.22. The number of halogens is 1. The Bertz CT molecular complexity index is 601. The molecule has 0 saturated heterocycles. The van der Waals surface area contributed by atoms with E-state index in [1.807, 2.05) is 19.1 Å². The van der Waals surface area contributed by atoms with E-state index in [-0.39, 0.29) is 5.28 Å². The van der Waals surface area contributed by atoms with Crippen molar-refractivity contribution in [2.24, 2.45) is 0 Å². The molecule has 3 rings (SSSR count). The van der Waals surface area contributed by atoms with Crippen molar-refractivity contribution >= 4 is 29.2 Å². The van der Waals surface area contributed by atoms with Crippen LogP contribution < -0.4 is 10.2 Å². The Hall–Kier alpha value is -1.88. The number of anilines is 3. The summed E-state index contributed by atoms with van der Waals surface area (Å²) in [5, 5.41) is 3.28. The third-order valence-electron chi connectivity index (χ3n) is 3.06. The van der Waals surface area contributed by atoms with Crippen LogP contribution in [-0.4, -0.2) is 28.0 Å². The molecule has 0 fully saturated rings. The van der Waals surface area contributed by atoms with E-state index in [1.54, 1.807) is 0 Å². The van der Waals surface area contributed by atoms with Crippen LogP contribution in [0.3, 0.4) is 0 Å². The lowest BCUT2D eigenvalue weighted by Gasteiger charge is -2.17. The summed E-state index contributed by atoms with van der Waals surface area (Å²) in [6.07, 6.45) is 0.996. The Kier molecular flexibility index (Phi) is 3.21. The summed E-state index contributed by atoms with van der Waals surface area (Å²) >= 11 is 5.96. The maximum absolute atomic E-state index is 5.96. The number of para-hydroxylation sites is 1. The molecule has 0 unspecified atom stereocenters. The van der Waals surface area contributed by atoms with Crippen molar-refractivity contribution in [3.05, 3.63) is 35.1 Å². The minimum Gasteiger partial charge on any atom is -0.354 e. The second kappa shape index (κ2) is 5.01. The highest BCUT2D eigenvalue weighted by molar-refractivity contribution is 6.28. The van der Waals surface area contributed by atoms with Gasteiger partial charge in [-0.1, -0.05) is 18.2 Å². The van der Waals surface area contributed by atoms with E-state index in [2.05, 4.69) is 37.3 Å². The summed E-state index contributed by atoms with van der Waals surface area (Å²) < 4.78 is 0. The fourth-order valence-corrected chi connectivity index (χ4v) is 2.40. The highest BCUT2D eigenvalue weighted by atomic mass is 35.5. The highest BCUT2D eigenvalue weighted by Crippen LogP contribution is 2.32. The van der Waals surface area contributed by atoms with Crippen molar-refractivity contribution in [2.45, 2.75) is 13.3 Å². The Morgan fingerprint density at radius 1 is 1.26 bits per heavy atom. The second-order valence-electron chi connectivity index (χ2n) is 4.29. The number of nitrogens with one attached hydrogen (secondary N) is 1. The number of nitrogens with zero attached hydrogens (tertiary/aromatic N) is 4. The van der Waals surface area contributed by atoms with Gasteiger partial charge in [0.05, 0.1) is 0 Å². The third kappa shape index (κ3) is 2.33. The van der Waals surface area contributed by atoms with Crippen LogP contribution in [0, 0.1) is 0 Å². The summed E-state index contributed by atoms with van der Waals surface area (Å²) in [6, 6.07) is 8.27. The molecule has 1 aliphatic rings. The van der Waals surface area contributed by atoms with E-state index < -0.39 is 0 Å². The lowest BCUT2D eigenvalue weighted by molar-refractivity contribution is 0.915. The first-order valence-electron chi connectivity index (χ1n) is 6.29. The molecule has 0 atom stereocenters. The zero-order valence-electron chi connectivity index (χ0n) is 10.6. The first kappa shape index (κ1) is 12.2. The fraction of sp³-hybridized carbons (Fsp3) is 0.308. The summed E-state index contributed by atoms with van der Waals surface area (Å²) in [7, 11) is 0. The van der Waals surface area contributed by atoms with E-state index in [4.69, 9.17) is 11.6 Å². The van der Waals surface area contributed by atoms with Crippen LogP contribution in [0.1, 0.15) is 12.5 Å². The standard InChI is InChI=1S/C13H14ClN5/c1-2-15-12-16-11(14)17-13(18-12)19-8-7-9-5-3-4-6-10(9)19/h3-6H,2,7-8H2,1H3,(H,15,16,17,18). The third-order valence-corrected chi connectivity index (χ3v) is 3.23. The molecule has 1 aromatic heterocycles. The van der Waals surface area contributed by atoms with Gasteiger partial charge in [0.1, 0.15) is 0 Å². The Morgan fingerprint density at radius 3 is 2.95 bits per heavy atom. The number of hydrogen-bond acceptors (Lipinski definition) is 5. The maximum atomic E-state index is 5.96. The number of hydrogen-bond donors (Lipinski definition) is 1. The molecule has 0 aliphatic carbocycles.